The van der Waals surface area contributed by atoms with Gasteiger partial charge in [-0.05, 0) is 42.5 Å². The van der Waals surface area contributed by atoms with Crippen LogP contribution in [-0.4, -0.2) is 34.3 Å². The molecule has 0 spiro atoms. The van der Waals surface area contributed by atoms with Gasteiger partial charge in [-0.25, -0.2) is 19.0 Å². The van der Waals surface area contributed by atoms with Crippen LogP contribution in [0, 0.1) is 0 Å². The second-order valence-corrected chi connectivity index (χ2v) is 6.29. The second kappa shape index (κ2) is 7.01. The lowest BCUT2D eigenvalue weighted by molar-refractivity contribution is 0.820. The van der Waals surface area contributed by atoms with Crippen LogP contribution < -0.4 is 5.43 Å². The first-order valence-corrected chi connectivity index (χ1v) is 8.95. The molecule has 140 valence electrons. The van der Waals surface area contributed by atoms with Gasteiger partial charge in [-0.15, -0.1) is 0 Å². The van der Waals surface area contributed by atoms with Crippen molar-refractivity contribution < 1.29 is 0 Å². The standard InChI is InChI=1S/C21H15N7O/c29-20-11-13-26(16-6-8-17(9-7-16)27-15-22-14-24-27)25-21(20)19-10-12-23-28(19)18-4-2-1-3-5-18/h1-15H. The van der Waals surface area contributed by atoms with Crippen LogP contribution >= 0.6 is 0 Å². The first-order chi connectivity index (χ1) is 14.3. The first-order valence-electron chi connectivity index (χ1n) is 8.95. The van der Waals surface area contributed by atoms with Crippen LogP contribution in [0.3, 0.4) is 0 Å². The Morgan fingerprint density at radius 2 is 1.48 bits per heavy atom. The molecule has 0 aliphatic rings. The van der Waals surface area contributed by atoms with Crippen LogP contribution in [0.1, 0.15) is 0 Å². The maximum atomic E-state index is 12.6. The van der Waals surface area contributed by atoms with Crippen molar-refractivity contribution >= 4 is 0 Å². The lowest BCUT2D eigenvalue weighted by atomic mass is 10.2. The SMILES string of the molecule is O=c1ccn(-c2ccc(-n3cncn3)cc2)nc1-c1ccnn1-c1ccccc1. The van der Waals surface area contributed by atoms with Crippen LogP contribution in [-0.2, 0) is 0 Å². The van der Waals surface area contributed by atoms with Gasteiger partial charge in [-0.1, -0.05) is 18.2 Å². The fraction of sp³-hybridized carbons (Fsp3) is 0. The molecule has 3 heterocycles. The fourth-order valence-electron chi connectivity index (χ4n) is 3.09. The van der Waals surface area contributed by atoms with E-state index >= 15 is 0 Å². The topological polar surface area (TPSA) is 83.4 Å². The highest BCUT2D eigenvalue weighted by atomic mass is 16.1. The number of para-hydroxylation sites is 1. The van der Waals surface area contributed by atoms with Crippen molar-refractivity contribution in [1.29, 1.82) is 0 Å². The molecule has 0 amide bonds. The molecule has 2 aromatic carbocycles. The summed E-state index contributed by atoms with van der Waals surface area (Å²) in [5, 5.41) is 13.1. The Bertz CT molecular complexity index is 1300. The highest BCUT2D eigenvalue weighted by Gasteiger charge is 2.13. The van der Waals surface area contributed by atoms with E-state index in [9.17, 15) is 4.79 Å². The molecule has 0 saturated carbocycles. The lowest BCUT2D eigenvalue weighted by Crippen LogP contribution is -2.14. The van der Waals surface area contributed by atoms with E-state index in [-0.39, 0.29) is 5.43 Å². The van der Waals surface area contributed by atoms with Gasteiger partial charge in [0.15, 0.2) is 5.69 Å². The summed E-state index contributed by atoms with van der Waals surface area (Å²) in [6.07, 6.45) is 6.43. The predicted octanol–water partition coefficient (Wildman–Crippen LogP) is 2.67. The summed E-state index contributed by atoms with van der Waals surface area (Å²) >= 11 is 0. The van der Waals surface area contributed by atoms with Crippen molar-refractivity contribution in [1.82, 2.24) is 34.3 Å². The van der Waals surface area contributed by atoms with Crippen LogP contribution in [0.2, 0.25) is 0 Å². The summed E-state index contributed by atoms with van der Waals surface area (Å²) in [6, 6.07) is 20.6. The number of hydrogen-bond acceptors (Lipinski definition) is 5. The van der Waals surface area contributed by atoms with Gasteiger partial charge in [-0.2, -0.15) is 15.3 Å². The molecular weight excluding hydrogens is 366 g/mol. The van der Waals surface area contributed by atoms with E-state index in [0.29, 0.717) is 11.4 Å². The summed E-state index contributed by atoms with van der Waals surface area (Å²) in [5.41, 5.74) is 3.36. The number of aromatic nitrogens is 7. The quantitative estimate of drug-likeness (QED) is 0.478. The van der Waals surface area contributed by atoms with E-state index < -0.39 is 0 Å². The van der Waals surface area contributed by atoms with Crippen LogP contribution in [0.5, 0.6) is 0 Å². The number of benzene rings is 2. The maximum Gasteiger partial charge on any atom is 0.209 e. The molecule has 0 saturated heterocycles. The van der Waals surface area contributed by atoms with Crippen LogP contribution in [0.15, 0.2) is 96.6 Å². The molecule has 8 nitrogen and oxygen atoms in total. The summed E-state index contributed by atoms with van der Waals surface area (Å²) in [4.78, 5) is 16.5. The Morgan fingerprint density at radius 3 is 2.21 bits per heavy atom. The Labute approximate surface area is 165 Å². The van der Waals surface area contributed by atoms with E-state index in [1.807, 2.05) is 54.6 Å². The van der Waals surface area contributed by atoms with Crippen molar-refractivity contribution in [3.05, 3.63) is 102 Å². The summed E-state index contributed by atoms with van der Waals surface area (Å²) < 4.78 is 5.05. The average molecular weight is 381 g/mol. The van der Waals surface area contributed by atoms with Crippen molar-refractivity contribution in [2.75, 3.05) is 0 Å². The van der Waals surface area contributed by atoms with Gasteiger partial charge < -0.3 is 0 Å². The van der Waals surface area contributed by atoms with E-state index in [1.165, 1.54) is 12.4 Å². The lowest BCUT2D eigenvalue weighted by Gasteiger charge is -2.10. The molecule has 0 radical (unpaired) electrons. The molecule has 5 aromatic rings. The Kier molecular flexibility index (Phi) is 4.06. The molecule has 0 bridgehead atoms. The number of nitrogens with zero attached hydrogens (tertiary/aromatic N) is 7. The molecule has 0 atom stereocenters. The van der Waals surface area contributed by atoms with E-state index in [1.54, 1.807) is 38.8 Å². The normalized spacial score (nSPS) is 10.9. The Hall–Kier alpha value is -4.33. The third-order valence-corrected chi connectivity index (χ3v) is 4.49. The van der Waals surface area contributed by atoms with E-state index in [4.69, 9.17) is 0 Å². The second-order valence-electron chi connectivity index (χ2n) is 6.29. The van der Waals surface area contributed by atoms with E-state index in [2.05, 4.69) is 20.3 Å². The zero-order valence-corrected chi connectivity index (χ0v) is 15.2. The van der Waals surface area contributed by atoms with E-state index in [0.717, 1.165) is 17.1 Å². The van der Waals surface area contributed by atoms with Crippen LogP contribution in [0.4, 0.5) is 0 Å². The first kappa shape index (κ1) is 16.8. The van der Waals surface area contributed by atoms with Gasteiger partial charge in [0.2, 0.25) is 5.43 Å². The highest BCUT2D eigenvalue weighted by molar-refractivity contribution is 5.57. The third-order valence-electron chi connectivity index (χ3n) is 4.49. The monoisotopic (exact) mass is 381 g/mol. The van der Waals surface area contributed by atoms with Crippen molar-refractivity contribution in [2.24, 2.45) is 0 Å². The zero-order chi connectivity index (χ0) is 19.6. The number of hydrogen-bond donors (Lipinski definition) is 0. The molecule has 0 N–H and O–H groups in total. The summed E-state index contributed by atoms with van der Waals surface area (Å²) in [7, 11) is 0. The minimum Gasteiger partial charge on any atom is -0.287 e. The van der Waals surface area contributed by atoms with Gasteiger partial charge in [0.25, 0.3) is 0 Å². The highest BCUT2D eigenvalue weighted by Crippen LogP contribution is 2.18. The molecule has 0 fully saturated rings. The van der Waals surface area contributed by atoms with Gasteiger partial charge in [0.1, 0.15) is 12.7 Å². The molecule has 29 heavy (non-hydrogen) atoms. The minimum absolute atomic E-state index is 0.168. The summed E-state index contributed by atoms with van der Waals surface area (Å²) in [5.74, 6) is 0. The predicted molar refractivity (Wildman–Crippen MR) is 107 cm³/mol. The smallest absolute Gasteiger partial charge is 0.209 e. The van der Waals surface area contributed by atoms with Crippen LogP contribution in [0.25, 0.3) is 28.5 Å². The molecule has 8 heteroatoms. The minimum atomic E-state index is -0.168. The van der Waals surface area contributed by atoms with Gasteiger partial charge in [0.05, 0.1) is 29.0 Å². The largest absolute Gasteiger partial charge is 0.287 e. The molecule has 0 aliphatic heterocycles. The number of rotatable bonds is 4. The third kappa shape index (κ3) is 3.12. The molecule has 3 aromatic heterocycles. The molecule has 0 unspecified atom stereocenters. The van der Waals surface area contributed by atoms with Gasteiger partial charge in [0, 0.05) is 12.3 Å². The zero-order valence-electron chi connectivity index (χ0n) is 15.2. The molecule has 0 aliphatic carbocycles. The van der Waals surface area contributed by atoms with Crippen molar-refractivity contribution in [2.45, 2.75) is 0 Å². The maximum absolute atomic E-state index is 12.6. The molecule has 5 rings (SSSR count). The Morgan fingerprint density at radius 1 is 0.724 bits per heavy atom. The fourth-order valence-corrected chi connectivity index (χ4v) is 3.09. The average Bonchev–Trinajstić information content (AvgIpc) is 3.47. The molecular formula is C21H15N7O. The van der Waals surface area contributed by atoms with Crippen molar-refractivity contribution in [3.8, 4) is 28.5 Å². The van der Waals surface area contributed by atoms with Gasteiger partial charge in [-0.3, -0.25) is 4.79 Å². The van der Waals surface area contributed by atoms with Gasteiger partial charge >= 0.3 is 0 Å². The van der Waals surface area contributed by atoms with Crippen molar-refractivity contribution in [3.63, 3.8) is 0 Å². The summed E-state index contributed by atoms with van der Waals surface area (Å²) in [6.45, 7) is 0. The Balaban J connectivity index is 1.56.